The maximum absolute atomic E-state index is 11.7. The third-order valence-electron chi connectivity index (χ3n) is 2.58. The highest BCUT2D eigenvalue weighted by atomic mass is 19.1. The van der Waals surface area contributed by atoms with E-state index in [0.717, 1.165) is 12.5 Å². The summed E-state index contributed by atoms with van der Waals surface area (Å²) in [4.78, 5) is 0. The second-order valence-electron chi connectivity index (χ2n) is 3.51. The summed E-state index contributed by atoms with van der Waals surface area (Å²) in [5.74, 6) is 0.801. The second-order valence-corrected chi connectivity index (χ2v) is 3.51. The first-order valence-corrected chi connectivity index (χ1v) is 4.64. The summed E-state index contributed by atoms with van der Waals surface area (Å²) in [7, 11) is 0. The molecular weight excluding hydrogens is 141 g/mol. The molecular formula is C9H18FN. The van der Waals surface area contributed by atoms with Gasteiger partial charge in [0.1, 0.15) is 0 Å². The van der Waals surface area contributed by atoms with Crippen LogP contribution in [0.3, 0.4) is 0 Å². The lowest BCUT2D eigenvalue weighted by atomic mass is 10.1. The molecule has 0 aliphatic heterocycles. The van der Waals surface area contributed by atoms with E-state index < -0.39 is 0 Å². The number of hydrogen-bond acceptors (Lipinski definition) is 1. The molecule has 2 unspecified atom stereocenters. The van der Waals surface area contributed by atoms with Crippen molar-refractivity contribution >= 4 is 0 Å². The molecule has 1 rings (SSSR count). The van der Waals surface area contributed by atoms with Gasteiger partial charge in [-0.3, -0.25) is 4.39 Å². The number of nitrogens with one attached hydrogen (secondary N) is 1. The van der Waals surface area contributed by atoms with E-state index in [0.29, 0.717) is 12.5 Å². The Morgan fingerprint density at radius 3 is 2.82 bits per heavy atom. The van der Waals surface area contributed by atoms with E-state index in [4.69, 9.17) is 0 Å². The van der Waals surface area contributed by atoms with Crippen LogP contribution in [0.25, 0.3) is 0 Å². The van der Waals surface area contributed by atoms with Crippen molar-refractivity contribution in [1.82, 2.24) is 5.32 Å². The Bertz CT molecular complexity index is 106. The van der Waals surface area contributed by atoms with Crippen molar-refractivity contribution < 1.29 is 4.39 Å². The molecule has 0 aromatic carbocycles. The molecule has 1 aliphatic carbocycles. The lowest BCUT2D eigenvalue weighted by molar-refractivity contribution is 0.398. The van der Waals surface area contributed by atoms with Crippen LogP contribution < -0.4 is 5.32 Å². The van der Waals surface area contributed by atoms with Gasteiger partial charge in [0, 0.05) is 6.04 Å². The van der Waals surface area contributed by atoms with Gasteiger partial charge in [-0.25, -0.2) is 0 Å². The first-order chi connectivity index (χ1) is 5.34. The van der Waals surface area contributed by atoms with Crippen LogP contribution in [-0.2, 0) is 0 Å². The van der Waals surface area contributed by atoms with Gasteiger partial charge in [-0.05, 0) is 31.7 Å². The number of rotatable bonds is 4. The highest BCUT2D eigenvalue weighted by molar-refractivity contribution is 4.79. The van der Waals surface area contributed by atoms with Gasteiger partial charge in [-0.1, -0.05) is 13.3 Å². The average Bonchev–Trinajstić information content (AvgIpc) is 2.37. The highest BCUT2D eigenvalue weighted by Crippen LogP contribution is 2.24. The standard InChI is InChI=1S/C9H18FN/c1-8-4-2-5-9(8)11-7-3-6-10/h8-9,11H,2-7H2,1H3. The molecule has 66 valence electrons. The molecule has 0 bridgehead atoms. The summed E-state index contributed by atoms with van der Waals surface area (Å²) >= 11 is 0. The SMILES string of the molecule is CC1CCCC1NCCCF. The number of halogens is 1. The first kappa shape index (κ1) is 8.98. The van der Waals surface area contributed by atoms with Crippen molar-refractivity contribution in [2.75, 3.05) is 13.2 Å². The van der Waals surface area contributed by atoms with Crippen LogP contribution in [0.15, 0.2) is 0 Å². The zero-order chi connectivity index (χ0) is 8.10. The molecule has 1 N–H and O–H groups in total. The van der Waals surface area contributed by atoms with Crippen LogP contribution in [0, 0.1) is 5.92 Å². The van der Waals surface area contributed by atoms with E-state index in [1.807, 2.05) is 0 Å². The Morgan fingerprint density at radius 1 is 1.45 bits per heavy atom. The predicted octanol–water partition coefficient (Wildman–Crippen LogP) is 2.12. The molecule has 0 aromatic rings. The smallest absolute Gasteiger partial charge is 0.0906 e. The quantitative estimate of drug-likeness (QED) is 0.620. The first-order valence-electron chi connectivity index (χ1n) is 4.64. The van der Waals surface area contributed by atoms with Crippen molar-refractivity contribution in [1.29, 1.82) is 0 Å². The Hall–Kier alpha value is -0.110. The summed E-state index contributed by atoms with van der Waals surface area (Å²) in [6.45, 7) is 2.94. The minimum absolute atomic E-state index is 0.186. The van der Waals surface area contributed by atoms with Crippen molar-refractivity contribution in [2.45, 2.75) is 38.6 Å². The van der Waals surface area contributed by atoms with Gasteiger partial charge in [0.25, 0.3) is 0 Å². The van der Waals surface area contributed by atoms with E-state index in [-0.39, 0.29) is 6.67 Å². The lowest BCUT2D eigenvalue weighted by Crippen LogP contribution is -2.31. The lowest BCUT2D eigenvalue weighted by Gasteiger charge is -2.16. The maximum atomic E-state index is 11.7. The van der Waals surface area contributed by atoms with Crippen LogP contribution in [0.4, 0.5) is 4.39 Å². The average molecular weight is 159 g/mol. The summed E-state index contributed by atoms with van der Waals surface area (Å²) in [6, 6.07) is 0.668. The molecule has 0 spiro atoms. The normalized spacial score (nSPS) is 31.1. The molecule has 11 heavy (non-hydrogen) atoms. The van der Waals surface area contributed by atoms with Crippen molar-refractivity contribution in [3.8, 4) is 0 Å². The molecule has 0 heterocycles. The van der Waals surface area contributed by atoms with Gasteiger partial charge in [0.05, 0.1) is 6.67 Å². The maximum Gasteiger partial charge on any atom is 0.0906 e. The topological polar surface area (TPSA) is 12.0 Å². The second kappa shape index (κ2) is 4.70. The largest absolute Gasteiger partial charge is 0.314 e. The fraction of sp³-hybridized carbons (Fsp3) is 1.00. The van der Waals surface area contributed by atoms with Gasteiger partial charge < -0.3 is 5.32 Å². The molecule has 2 atom stereocenters. The van der Waals surface area contributed by atoms with Crippen LogP contribution >= 0.6 is 0 Å². The van der Waals surface area contributed by atoms with E-state index >= 15 is 0 Å². The number of alkyl halides is 1. The Morgan fingerprint density at radius 2 is 2.27 bits per heavy atom. The highest BCUT2D eigenvalue weighted by Gasteiger charge is 2.21. The molecule has 2 heteroatoms. The molecule has 0 aromatic heterocycles. The Kier molecular flexibility index (Phi) is 3.84. The Labute approximate surface area is 68.4 Å². The van der Waals surface area contributed by atoms with Gasteiger partial charge in [-0.15, -0.1) is 0 Å². The molecule has 0 amide bonds. The zero-order valence-corrected chi connectivity index (χ0v) is 7.28. The van der Waals surface area contributed by atoms with Gasteiger partial charge in [0.2, 0.25) is 0 Å². The van der Waals surface area contributed by atoms with Gasteiger partial charge in [-0.2, -0.15) is 0 Å². The monoisotopic (exact) mass is 159 g/mol. The van der Waals surface area contributed by atoms with Gasteiger partial charge >= 0.3 is 0 Å². The van der Waals surface area contributed by atoms with Crippen molar-refractivity contribution in [2.24, 2.45) is 5.92 Å². The van der Waals surface area contributed by atoms with E-state index in [1.165, 1.54) is 19.3 Å². The van der Waals surface area contributed by atoms with E-state index in [9.17, 15) is 4.39 Å². The Balaban J connectivity index is 2.05. The van der Waals surface area contributed by atoms with Crippen LogP contribution in [-0.4, -0.2) is 19.3 Å². The molecule has 1 aliphatic rings. The van der Waals surface area contributed by atoms with Crippen LogP contribution in [0.1, 0.15) is 32.6 Å². The zero-order valence-electron chi connectivity index (χ0n) is 7.28. The minimum Gasteiger partial charge on any atom is -0.314 e. The molecule has 1 saturated carbocycles. The summed E-state index contributed by atoms with van der Waals surface area (Å²) < 4.78 is 11.7. The molecule has 1 fully saturated rings. The molecule has 0 saturated heterocycles. The third-order valence-corrected chi connectivity index (χ3v) is 2.58. The van der Waals surface area contributed by atoms with Crippen LogP contribution in [0.2, 0.25) is 0 Å². The predicted molar refractivity (Wildman–Crippen MR) is 45.4 cm³/mol. The third kappa shape index (κ3) is 2.78. The fourth-order valence-electron chi connectivity index (χ4n) is 1.80. The van der Waals surface area contributed by atoms with E-state index in [2.05, 4.69) is 12.2 Å². The van der Waals surface area contributed by atoms with Crippen molar-refractivity contribution in [3.05, 3.63) is 0 Å². The van der Waals surface area contributed by atoms with Crippen LogP contribution in [0.5, 0.6) is 0 Å². The van der Waals surface area contributed by atoms with Crippen molar-refractivity contribution in [3.63, 3.8) is 0 Å². The number of hydrogen-bond donors (Lipinski definition) is 1. The van der Waals surface area contributed by atoms with E-state index in [1.54, 1.807) is 0 Å². The minimum atomic E-state index is -0.186. The summed E-state index contributed by atoms with van der Waals surface area (Å²) in [6.07, 6.45) is 4.64. The fourth-order valence-corrected chi connectivity index (χ4v) is 1.80. The summed E-state index contributed by atoms with van der Waals surface area (Å²) in [5.41, 5.74) is 0. The van der Waals surface area contributed by atoms with Gasteiger partial charge in [0.15, 0.2) is 0 Å². The molecule has 1 nitrogen and oxygen atoms in total. The summed E-state index contributed by atoms with van der Waals surface area (Å²) in [5, 5.41) is 3.39. The molecule has 0 radical (unpaired) electrons.